The number of allylic oxidation sites excluding steroid dienone is 3. The highest BCUT2D eigenvalue weighted by molar-refractivity contribution is 6.31. The predicted octanol–water partition coefficient (Wildman–Crippen LogP) is 6.60. The maximum Gasteiger partial charge on any atom is 0.317 e. The van der Waals surface area contributed by atoms with Gasteiger partial charge in [-0.1, -0.05) is 63.6 Å². The van der Waals surface area contributed by atoms with Crippen molar-refractivity contribution in [1.29, 1.82) is 0 Å². The van der Waals surface area contributed by atoms with Gasteiger partial charge in [-0.05, 0) is 76.1 Å². The molecule has 1 saturated heterocycles. The Labute approximate surface area is 254 Å². The predicted molar refractivity (Wildman–Crippen MR) is 169 cm³/mol. The molecule has 0 spiro atoms. The number of hydrogen-bond donors (Lipinski definition) is 2. The molecule has 41 heavy (non-hydrogen) atoms. The van der Waals surface area contributed by atoms with Crippen LogP contribution in [0.25, 0.3) is 0 Å². The van der Waals surface area contributed by atoms with Gasteiger partial charge in [-0.3, -0.25) is 4.79 Å². The smallest absolute Gasteiger partial charge is 0.317 e. The van der Waals surface area contributed by atoms with E-state index >= 15 is 0 Å². The summed E-state index contributed by atoms with van der Waals surface area (Å²) in [6.45, 7) is 8.70. The van der Waals surface area contributed by atoms with E-state index in [0.29, 0.717) is 24.1 Å². The largest absolute Gasteiger partial charge is 0.385 e. The number of methoxy groups -OCH3 is 1. The van der Waals surface area contributed by atoms with Gasteiger partial charge >= 0.3 is 6.03 Å². The monoisotopic (exact) mass is 590 g/mol. The van der Waals surface area contributed by atoms with Crippen molar-refractivity contribution in [2.45, 2.75) is 103 Å². The third kappa shape index (κ3) is 8.84. The van der Waals surface area contributed by atoms with Gasteiger partial charge in [-0.25, -0.2) is 4.79 Å². The standard InChI is InChI=1S/C33H55ClN4O3/c1-6-13-29(34)21-28-24-38(31(39)25(2)3)33(28,17-10-11-19-41-5)27-16-12-18-37(23-27)32(40)36-30(22-35-4)20-26-14-8-7-9-15-26/h6,13,21,24-27,30,35H,7-12,14-20,22-23H2,1-5H3,(H,36,40)/b13-6-,29-21+/t27-,30+,33+/m1/s1. The normalized spacial score (nSPS) is 24.9. The first-order valence-electron chi connectivity index (χ1n) is 16.0. The van der Waals surface area contributed by atoms with Gasteiger partial charge in [-0.15, -0.1) is 0 Å². The highest BCUT2D eigenvalue weighted by atomic mass is 35.5. The van der Waals surface area contributed by atoms with Crippen LogP contribution in [0.1, 0.15) is 91.4 Å². The van der Waals surface area contributed by atoms with Crippen molar-refractivity contribution in [3.05, 3.63) is 35.0 Å². The molecule has 1 aliphatic carbocycles. The molecule has 0 aromatic rings. The second kappa shape index (κ2) is 16.7. The minimum absolute atomic E-state index is 0.0226. The van der Waals surface area contributed by atoms with E-state index in [1.165, 1.54) is 32.1 Å². The van der Waals surface area contributed by atoms with Crippen molar-refractivity contribution in [3.8, 4) is 0 Å². The minimum atomic E-state index is -0.484. The zero-order chi connectivity index (χ0) is 29.8. The van der Waals surface area contributed by atoms with Crippen LogP contribution >= 0.6 is 11.6 Å². The molecule has 0 aromatic heterocycles. The van der Waals surface area contributed by atoms with Crippen LogP contribution in [0.2, 0.25) is 0 Å². The molecule has 0 bridgehead atoms. The number of rotatable bonds is 14. The second-order valence-electron chi connectivity index (χ2n) is 12.6. The number of hydrogen-bond acceptors (Lipinski definition) is 4. The van der Waals surface area contributed by atoms with Gasteiger partial charge in [0.1, 0.15) is 0 Å². The Balaban J connectivity index is 1.84. The molecule has 0 aromatic carbocycles. The molecule has 3 atom stereocenters. The molecular weight excluding hydrogens is 536 g/mol. The van der Waals surface area contributed by atoms with E-state index in [9.17, 15) is 9.59 Å². The third-order valence-electron chi connectivity index (χ3n) is 9.21. The van der Waals surface area contributed by atoms with Crippen LogP contribution in [0.4, 0.5) is 4.79 Å². The van der Waals surface area contributed by atoms with Crippen LogP contribution in [0, 0.1) is 17.8 Å². The summed E-state index contributed by atoms with van der Waals surface area (Å²) in [5.41, 5.74) is 0.604. The van der Waals surface area contributed by atoms with Gasteiger partial charge in [0.25, 0.3) is 0 Å². The molecule has 3 aliphatic rings. The summed E-state index contributed by atoms with van der Waals surface area (Å²) >= 11 is 6.60. The zero-order valence-electron chi connectivity index (χ0n) is 26.2. The molecule has 2 heterocycles. The van der Waals surface area contributed by atoms with Gasteiger partial charge in [0.15, 0.2) is 0 Å². The molecule has 232 valence electrons. The quantitative estimate of drug-likeness (QED) is 0.176. The molecule has 7 nitrogen and oxygen atoms in total. The van der Waals surface area contributed by atoms with E-state index < -0.39 is 5.54 Å². The number of likely N-dealkylation sites (tertiary alicyclic amines) is 1. The number of urea groups is 1. The maximum absolute atomic E-state index is 13.7. The summed E-state index contributed by atoms with van der Waals surface area (Å²) in [6.07, 6.45) is 19.9. The van der Waals surface area contributed by atoms with E-state index in [-0.39, 0.29) is 29.8 Å². The highest BCUT2D eigenvalue weighted by Crippen LogP contribution is 2.49. The molecule has 0 unspecified atom stereocenters. The highest BCUT2D eigenvalue weighted by Gasteiger charge is 2.54. The Morgan fingerprint density at radius 3 is 2.59 bits per heavy atom. The Morgan fingerprint density at radius 1 is 1.17 bits per heavy atom. The number of carbonyl (C=O) groups excluding carboxylic acids is 2. The minimum Gasteiger partial charge on any atom is -0.385 e. The lowest BCUT2D eigenvalue weighted by Crippen LogP contribution is -2.65. The molecule has 3 amide bonds. The fourth-order valence-electron chi connectivity index (χ4n) is 7.12. The van der Waals surface area contributed by atoms with Crippen LogP contribution in [0.15, 0.2) is 35.0 Å². The first-order valence-corrected chi connectivity index (χ1v) is 16.4. The molecule has 1 saturated carbocycles. The fourth-order valence-corrected chi connectivity index (χ4v) is 7.36. The molecule has 0 radical (unpaired) electrons. The second-order valence-corrected chi connectivity index (χ2v) is 13.0. The molecule has 2 N–H and O–H groups in total. The van der Waals surface area contributed by atoms with Crippen LogP contribution in [-0.2, 0) is 9.53 Å². The summed E-state index contributed by atoms with van der Waals surface area (Å²) in [5, 5.41) is 7.33. The number of halogens is 1. The van der Waals surface area contributed by atoms with Gasteiger partial charge in [-0.2, -0.15) is 0 Å². The van der Waals surface area contributed by atoms with Crippen molar-refractivity contribution < 1.29 is 14.3 Å². The molecule has 2 aliphatic heterocycles. The maximum atomic E-state index is 13.7. The van der Waals surface area contributed by atoms with Crippen LogP contribution in [-0.4, -0.2) is 73.7 Å². The van der Waals surface area contributed by atoms with E-state index in [0.717, 1.165) is 57.2 Å². The van der Waals surface area contributed by atoms with Crippen molar-refractivity contribution in [2.75, 3.05) is 40.4 Å². The van der Waals surface area contributed by atoms with E-state index in [1.54, 1.807) is 7.11 Å². The summed E-state index contributed by atoms with van der Waals surface area (Å²) in [5.74, 6) is 0.823. The lowest BCUT2D eigenvalue weighted by atomic mass is 9.66. The Bertz CT molecular complexity index is 943. The topological polar surface area (TPSA) is 73.9 Å². The summed E-state index contributed by atoms with van der Waals surface area (Å²) in [4.78, 5) is 31.2. The molecule has 8 heteroatoms. The Hall–Kier alpha value is -1.83. The van der Waals surface area contributed by atoms with E-state index in [4.69, 9.17) is 16.3 Å². The number of amides is 3. The van der Waals surface area contributed by atoms with Gasteiger partial charge in [0.05, 0.1) is 5.54 Å². The lowest BCUT2D eigenvalue weighted by molar-refractivity contribution is -0.141. The van der Waals surface area contributed by atoms with Gasteiger partial charge in [0.2, 0.25) is 5.91 Å². The van der Waals surface area contributed by atoms with E-state index in [1.807, 2.05) is 62.0 Å². The first kappa shape index (κ1) is 33.7. The average Bonchev–Trinajstić information content (AvgIpc) is 2.95. The number of nitrogens with one attached hydrogen (secondary N) is 2. The SMILES string of the molecule is C/C=C\C(Cl)=C/C1=CN(C(=O)C(C)C)[C@@]1(CCCCOC)[C@@H]1CCCN(C(=O)N[C@H](CNC)CC2CCCCC2)C1. The van der Waals surface area contributed by atoms with E-state index in [2.05, 4.69) is 10.6 Å². The number of piperidine rings is 1. The number of likely N-dealkylation sites (N-methyl/N-ethyl adjacent to an activating group) is 1. The Kier molecular flexibility index (Phi) is 13.7. The number of ether oxygens (including phenoxy) is 1. The Morgan fingerprint density at radius 2 is 1.93 bits per heavy atom. The third-order valence-corrected chi connectivity index (χ3v) is 9.44. The first-order chi connectivity index (χ1) is 19.8. The fraction of sp³-hybridized carbons (Fsp3) is 0.758. The zero-order valence-corrected chi connectivity index (χ0v) is 27.0. The van der Waals surface area contributed by atoms with Crippen molar-refractivity contribution in [1.82, 2.24) is 20.4 Å². The molecular formula is C33H55ClN4O3. The summed E-state index contributed by atoms with van der Waals surface area (Å²) < 4.78 is 5.35. The van der Waals surface area contributed by atoms with Crippen LogP contribution in [0.5, 0.6) is 0 Å². The molecule has 2 fully saturated rings. The van der Waals surface area contributed by atoms with Crippen molar-refractivity contribution in [3.63, 3.8) is 0 Å². The van der Waals surface area contributed by atoms with Crippen LogP contribution in [0.3, 0.4) is 0 Å². The summed E-state index contributed by atoms with van der Waals surface area (Å²) in [6, 6.07) is 0.147. The molecule has 3 rings (SSSR count). The van der Waals surface area contributed by atoms with Crippen molar-refractivity contribution >= 4 is 23.5 Å². The number of carbonyl (C=O) groups is 2. The van der Waals surface area contributed by atoms with Crippen molar-refractivity contribution in [2.24, 2.45) is 17.8 Å². The lowest BCUT2D eigenvalue weighted by Gasteiger charge is -2.57. The van der Waals surface area contributed by atoms with Gasteiger partial charge < -0.3 is 25.2 Å². The average molecular weight is 591 g/mol. The number of unbranched alkanes of at least 4 members (excludes halogenated alkanes) is 1. The van der Waals surface area contributed by atoms with Gasteiger partial charge in [0, 0.05) is 62.5 Å². The summed E-state index contributed by atoms with van der Waals surface area (Å²) in [7, 11) is 3.69. The number of nitrogens with zero attached hydrogens (tertiary/aromatic N) is 2. The van der Waals surface area contributed by atoms with Crippen LogP contribution < -0.4 is 10.6 Å².